The van der Waals surface area contributed by atoms with Crippen LogP contribution in [0.5, 0.6) is 0 Å². The van der Waals surface area contributed by atoms with E-state index in [1.807, 2.05) is 45.2 Å². The molecule has 2 aromatic heterocycles. The second-order valence-corrected chi connectivity index (χ2v) is 6.91. The Morgan fingerprint density at radius 2 is 2.04 bits per heavy atom. The molecule has 0 spiro atoms. The van der Waals surface area contributed by atoms with Gasteiger partial charge in [0, 0.05) is 18.8 Å². The second-order valence-electron chi connectivity index (χ2n) is 6.91. The van der Waals surface area contributed by atoms with Gasteiger partial charge in [0.05, 0.1) is 24.7 Å². The van der Waals surface area contributed by atoms with E-state index >= 15 is 0 Å². The summed E-state index contributed by atoms with van der Waals surface area (Å²) >= 11 is 0. The Morgan fingerprint density at radius 3 is 2.68 bits per heavy atom. The van der Waals surface area contributed by atoms with Gasteiger partial charge in [-0.15, -0.1) is 5.10 Å². The number of fused-ring (bicyclic) bond motifs is 1. The van der Waals surface area contributed by atoms with Crippen molar-refractivity contribution in [1.82, 2.24) is 14.6 Å². The maximum Gasteiger partial charge on any atom is 0.238 e. The summed E-state index contributed by atoms with van der Waals surface area (Å²) in [6.45, 7) is 5.96. The van der Waals surface area contributed by atoms with E-state index in [1.54, 1.807) is 11.6 Å². The number of hydrogen-bond acceptors (Lipinski definition) is 5. The fourth-order valence-electron chi connectivity index (χ4n) is 2.95. The average Bonchev–Trinajstić information content (AvgIpc) is 2.91. The first-order valence-electron chi connectivity index (χ1n) is 8.12. The highest BCUT2D eigenvalue weighted by molar-refractivity contribution is 6.14. The summed E-state index contributed by atoms with van der Waals surface area (Å²) in [7, 11) is 7.87. The Balaban J connectivity index is 2.19. The molecule has 25 heavy (non-hydrogen) atoms. The molecule has 3 aromatic rings. The summed E-state index contributed by atoms with van der Waals surface area (Å²) in [4.78, 5) is 4.45. The van der Waals surface area contributed by atoms with E-state index in [9.17, 15) is 0 Å². The summed E-state index contributed by atoms with van der Waals surface area (Å²) < 4.78 is 1.77. The molecule has 0 saturated heterocycles. The van der Waals surface area contributed by atoms with Gasteiger partial charge in [0.2, 0.25) is 5.95 Å². The van der Waals surface area contributed by atoms with Crippen LogP contribution in [0.25, 0.3) is 16.6 Å². The first-order valence-corrected chi connectivity index (χ1v) is 8.12. The lowest BCUT2D eigenvalue weighted by molar-refractivity contribution is 0.661. The molecule has 1 aromatic carbocycles. The Labute approximate surface area is 148 Å². The summed E-state index contributed by atoms with van der Waals surface area (Å²) in [5.74, 6) is 0.240. The Bertz CT molecular complexity index is 952. The standard InChI is InChI=1S/C18H21BN6/c1-11-9-12(5-6-14(11)23-21-4)13-7-8-25-16(13)15(10-18(2,3)19)22-17(20)24-25/h5-9H,10H2,1-4H3,(H2,20,24). The van der Waals surface area contributed by atoms with E-state index in [0.717, 1.165) is 33.6 Å². The van der Waals surface area contributed by atoms with E-state index < -0.39 is 5.31 Å². The molecule has 2 heterocycles. The number of rotatable bonds is 4. The highest BCUT2D eigenvalue weighted by Gasteiger charge is 2.19. The van der Waals surface area contributed by atoms with Gasteiger partial charge < -0.3 is 5.73 Å². The van der Waals surface area contributed by atoms with Gasteiger partial charge in [-0.05, 0) is 42.7 Å². The van der Waals surface area contributed by atoms with Crippen molar-refractivity contribution in [3.63, 3.8) is 0 Å². The van der Waals surface area contributed by atoms with E-state index in [-0.39, 0.29) is 5.95 Å². The molecule has 0 unspecified atom stereocenters. The van der Waals surface area contributed by atoms with Crippen LogP contribution in [0.15, 0.2) is 40.7 Å². The van der Waals surface area contributed by atoms with Crippen molar-refractivity contribution in [2.45, 2.75) is 32.5 Å². The monoisotopic (exact) mass is 332 g/mol. The lowest BCUT2D eigenvalue weighted by Gasteiger charge is -2.19. The zero-order valence-electron chi connectivity index (χ0n) is 15.0. The zero-order chi connectivity index (χ0) is 18.2. The summed E-state index contributed by atoms with van der Waals surface area (Å²) in [5, 5.41) is 11.9. The van der Waals surface area contributed by atoms with Crippen LogP contribution in [-0.2, 0) is 6.42 Å². The SMILES string of the molecule is [B]C(C)(C)Cc1nc(N)nn2ccc(-c3ccc(N=NC)c(C)c3)c12. The van der Waals surface area contributed by atoms with Crippen molar-refractivity contribution < 1.29 is 0 Å². The summed E-state index contributed by atoms with van der Waals surface area (Å²) in [6, 6.07) is 8.10. The minimum absolute atomic E-state index is 0.240. The number of benzene rings is 1. The van der Waals surface area contributed by atoms with Gasteiger partial charge in [0.25, 0.3) is 0 Å². The fraction of sp³-hybridized carbons (Fsp3) is 0.333. The number of nitrogen functional groups attached to an aromatic ring is 1. The largest absolute Gasteiger partial charge is 0.367 e. The van der Waals surface area contributed by atoms with Crippen molar-refractivity contribution in [2.75, 3.05) is 12.8 Å². The van der Waals surface area contributed by atoms with Crippen LogP contribution in [0.4, 0.5) is 11.6 Å². The van der Waals surface area contributed by atoms with E-state index in [2.05, 4.69) is 26.4 Å². The van der Waals surface area contributed by atoms with Gasteiger partial charge in [0.15, 0.2) is 0 Å². The highest BCUT2D eigenvalue weighted by atomic mass is 15.3. The van der Waals surface area contributed by atoms with Crippen LogP contribution in [0.3, 0.4) is 0 Å². The molecule has 0 aliphatic carbocycles. The van der Waals surface area contributed by atoms with Crippen molar-refractivity contribution in [2.24, 2.45) is 10.2 Å². The lowest BCUT2D eigenvalue weighted by atomic mass is 9.69. The number of nitrogens with zero attached hydrogens (tertiary/aromatic N) is 5. The minimum atomic E-state index is -0.399. The first-order chi connectivity index (χ1) is 11.8. The topological polar surface area (TPSA) is 80.9 Å². The van der Waals surface area contributed by atoms with E-state index in [0.29, 0.717) is 6.42 Å². The Morgan fingerprint density at radius 1 is 1.28 bits per heavy atom. The van der Waals surface area contributed by atoms with Crippen molar-refractivity contribution in [1.29, 1.82) is 0 Å². The van der Waals surface area contributed by atoms with E-state index in [4.69, 9.17) is 13.6 Å². The van der Waals surface area contributed by atoms with Crippen LogP contribution in [0, 0.1) is 6.92 Å². The molecule has 0 saturated carbocycles. The maximum atomic E-state index is 6.21. The normalized spacial score (nSPS) is 12.3. The number of hydrogen-bond donors (Lipinski definition) is 1. The first kappa shape index (κ1) is 17.1. The summed E-state index contributed by atoms with van der Waals surface area (Å²) in [6.07, 6.45) is 2.49. The third-order valence-electron chi connectivity index (χ3n) is 3.94. The van der Waals surface area contributed by atoms with Crippen LogP contribution in [0.2, 0.25) is 5.31 Å². The molecule has 126 valence electrons. The third kappa shape index (κ3) is 3.55. The summed E-state index contributed by atoms with van der Waals surface area (Å²) in [5.41, 5.74) is 11.7. The molecule has 2 N–H and O–H groups in total. The van der Waals surface area contributed by atoms with Crippen molar-refractivity contribution in [3.8, 4) is 11.1 Å². The van der Waals surface area contributed by atoms with Gasteiger partial charge in [-0.25, -0.2) is 9.50 Å². The predicted octanol–water partition coefficient (Wildman–Crippen LogP) is 3.91. The van der Waals surface area contributed by atoms with Gasteiger partial charge in [-0.1, -0.05) is 25.2 Å². The van der Waals surface area contributed by atoms with Crippen molar-refractivity contribution in [3.05, 3.63) is 41.7 Å². The van der Waals surface area contributed by atoms with Gasteiger partial charge in [-0.3, -0.25) is 0 Å². The van der Waals surface area contributed by atoms with Crippen LogP contribution >= 0.6 is 0 Å². The van der Waals surface area contributed by atoms with Crippen molar-refractivity contribution >= 4 is 25.0 Å². The van der Waals surface area contributed by atoms with Crippen LogP contribution in [0.1, 0.15) is 25.1 Å². The number of azo groups is 1. The van der Waals surface area contributed by atoms with Gasteiger partial charge in [0.1, 0.15) is 0 Å². The molecule has 0 amide bonds. The molecule has 0 aliphatic rings. The highest BCUT2D eigenvalue weighted by Crippen LogP contribution is 2.34. The molecular formula is C18H21BN6. The molecule has 7 heteroatoms. The quantitative estimate of drug-likeness (QED) is 0.581. The number of nitrogens with two attached hydrogens (primary N) is 1. The lowest BCUT2D eigenvalue weighted by Crippen LogP contribution is -2.12. The molecule has 0 atom stereocenters. The van der Waals surface area contributed by atoms with Gasteiger partial charge in [-0.2, -0.15) is 10.2 Å². The fourth-order valence-corrected chi connectivity index (χ4v) is 2.95. The molecule has 0 bridgehead atoms. The molecular weight excluding hydrogens is 311 g/mol. The molecule has 0 fully saturated rings. The number of aromatic nitrogens is 3. The molecule has 0 aliphatic heterocycles. The molecule has 6 nitrogen and oxygen atoms in total. The van der Waals surface area contributed by atoms with Crippen LogP contribution in [-0.4, -0.2) is 29.5 Å². The van der Waals surface area contributed by atoms with E-state index in [1.165, 1.54) is 0 Å². The maximum absolute atomic E-state index is 6.21. The molecule has 2 radical (unpaired) electrons. The predicted molar refractivity (Wildman–Crippen MR) is 102 cm³/mol. The molecule has 3 rings (SSSR count). The zero-order valence-corrected chi connectivity index (χ0v) is 15.0. The Hall–Kier alpha value is -2.70. The smallest absolute Gasteiger partial charge is 0.238 e. The average molecular weight is 332 g/mol. The number of aryl methyl sites for hydroxylation is 1. The Kier molecular flexibility index (Phi) is 4.33. The minimum Gasteiger partial charge on any atom is -0.367 e. The number of anilines is 1. The third-order valence-corrected chi connectivity index (χ3v) is 3.94. The van der Waals surface area contributed by atoms with Gasteiger partial charge >= 0.3 is 0 Å². The second kappa shape index (κ2) is 6.31. The van der Waals surface area contributed by atoms with Crippen LogP contribution < -0.4 is 5.73 Å².